The second-order valence-electron chi connectivity index (χ2n) is 17.8. The zero-order valence-electron chi connectivity index (χ0n) is 39.5. The van der Waals surface area contributed by atoms with E-state index in [1.54, 1.807) is 36.6 Å². The van der Waals surface area contributed by atoms with Crippen LogP contribution in [-0.2, 0) is 67.3 Å². The van der Waals surface area contributed by atoms with Gasteiger partial charge in [0.05, 0.1) is 51.0 Å². The molecule has 26 heteroatoms. The maximum absolute atomic E-state index is 15.3. The first-order valence-electron chi connectivity index (χ1n) is 23.1. The standard InChI is InChI=1S/C44H65N11O14S/c1-5-21(2)36-41(65)48-16-34(60)49-29-20-70(68)44-26(25-9-8-24(69-4)13-30(25)54(44)11-7-6-10-45)14-27(38(62)47-17-35(61)52-36)50-42(66)37(22(3)32(58)19-56)53-40(64)31-12-23(57)18-55(31)43(67)28(15-33(46)59)51-39(29)63/h8-9,13,21-23,27-29,31-32,36-37,56-58H,5-7,10-12,14-20,45H2,1-4H3,(H2,46,59)(H,47,62)(H,48,65)(H,49,60)(H,50,66)(H,51,63)(H,52,61)(H,53,64)/t21-,22-,23+,27?,28-,29?,31-,32-,36-,37-,70+/m0/s1. The molecule has 4 heterocycles. The van der Waals surface area contributed by atoms with Gasteiger partial charge in [0, 0.05) is 60.0 Å². The molecular formula is C44H65N11O14S. The molecule has 0 aliphatic carbocycles. The molecular weight excluding hydrogens is 939 g/mol. The van der Waals surface area contributed by atoms with Crippen LogP contribution < -0.4 is 53.4 Å². The number of nitrogens with two attached hydrogens (primary N) is 2. The van der Waals surface area contributed by atoms with Gasteiger partial charge in [0.25, 0.3) is 0 Å². The lowest BCUT2D eigenvalue weighted by Gasteiger charge is -2.33. The fourth-order valence-electron chi connectivity index (χ4n) is 8.68. The van der Waals surface area contributed by atoms with E-state index >= 15 is 4.55 Å². The van der Waals surface area contributed by atoms with E-state index in [-0.39, 0.29) is 23.7 Å². The summed E-state index contributed by atoms with van der Waals surface area (Å²) < 4.78 is 22.5. The third-order valence-electron chi connectivity index (χ3n) is 12.8. The lowest BCUT2D eigenvalue weighted by Crippen LogP contribution is -2.62. The number of aromatic nitrogens is 1. The zero-order valence-corrected chi connectivity index (χ0v) is 40.3. The Morgan fingerprint density at radius 1 is 0.900 bits per heavy atom. The summed E-state index contributed by atoms with van der Waals surface area (Å²) >= 11 is -2.37. The molecule has 3 aliphatic rings. The van der Waals surface area contributed by atoms with Crippen LogP contribution in [0.15, 0.2) is 23.2 Å². The Bertz CT molecular complexity index is 2300. The first-order valence-corrected chi connectivity index (χ1v) is 24.4. The maximum Gasteiger partial charge on any atom is 0.248 e. The molecule has 2 unspecified atom stereocenters. The van der Waals surface area contributed by atoms with Crippen molar-refractivity contribution in [2.45, 2.75) is 119 Å². The lowest BCUT2D eigenvalue weighted by atomic mass is 9.93. The molecule has 0 saturated carbocycles. The molecule has 70 heavy (non-hydrogen) atoms. The molecule has 0 radical (unpaired) electrons. The molecule has 0 spiro atoms. The van der Waals surface area contributed by atoms with Crippen molar-refractivity contribution in [1.82, 2.24) is 46.7 Å². The third kappa shape index (κ3) is 13.2. The lowest BCUT2D eigenvalue weighted by molar-refractivity contribution is -0.144. The van der Waals surface area contributed by atoms with Gasteiger partial charge in [0.2, 0.25) is 58.2 Å². The summed E-state index contributed by atoms with van der Waals surface area (Å²) in [6.07, 6.45) is -3.45. The third-order valence-corrected chi connectivity index (χ3v) is 14.4. The minimum Gasteiger partial charge on any atom is -0.610 e. The fraction of sp³-hybridized carbons (Fsp3) is 0.614. The quantitative estimate of drug-likeness (QED) is 0.0698. The number of rotatable bonds is 12. The average Bonchev–Trinajstić information content (AvgIpc) is 3.87. The van der Waals surface area contributed by atoms with Gasteiger partial charge in [0.15, 0.2) is 6.04 Å². The number of nitrogens with zero attached hydrogens (tertiary/aromatic N) is 2. The van der Waals surface area contributed by atoms with Crippen molar-refractivity contribution in [3.63, 3.8) is 0 Å². The minimum atomic E-state index is -2.37. The van der Waals surface area contributed by atoms with E-state index in [9.17, 15) is 58.5 Å². The van der Waals surface area contributed by atoms with E-state index < -0.39 is 176 Å². The second-order valence-corrected chi connectivity index (χ2v) is 19.2. The Balaban J connectivity index is 1.81. The number of amides is 9. The highest BCUT2D eigenvalue weighted by Crippen LogP contribution is 2.35. The van der Waals surface area contributed by atoms with Crippen LogP contribution in [0.3, 0.4) is 0 Å². The SMILES string of the molecule is CC[C@H](C)[C@@H]1NC(=O)CNC(=O)C2Cc3c(n(CCCCN)c4cc(OC)ccc34)[S@+]([O-])CC(NC(=O)CNC1=O)C(=O)N[C@@H](CC(N)=O)C(=O)N1C[C@H](O)C[C@H]1C(=O)N[C@@H]([C@@H](C)[C@@H](O)CO)C(=O)N2. The highest BCUT2D eigenvalue weighted by molar-refractivity contribution is 7.91. The van der Waals surface area contributed by atoms with Crippen molar-refractivity contribution in [3.05, 3.63) is 23.8 Å². The largest absolute Gasteiger partial charge is 0.610 e. The summed E-state index contributed by atoms with van der Waals surface area (Å²) in [4.78, 5) is 127. The summed E-state index contributed by atoms with van der Waals surface area (Å²) in [6.45, 7) is 2.27. The molecule has 386 valence electrons. The Morgan fingerprint density at radius 3 is 2.23 bits per heavy atom. The number of ether oxygens (including phenoxy) is 1. The van der Waals surface area contributed by atoms with Gasteiger partial charge in [-0.2, -0.15) is 0 Å². The van der Waals surface area contributed by atoms with Crippen LogP contribution in [0.5, 0.6) is 5.75 Å². The second kappa shape index (κ2) is 24.7. The predicted octanol–water partition coefficient (Wildman–Crippen LogP) is -5.40. The topological polar surface area (TPSA) is 391 Å². The molecule has 2 aromatic rings. The summed E-state index contributed by atoms with van der Waals surface area (Å²) in [5.74, 6) is -11.3. The van der Waals surface area contributed by atoms with E-state index in [1.807, 2.05) is 0 Å². The fourth-order valence-corrected chi connectivity index (χ4v) is 10.3. The number of primary amides is 1. The number of aliphatic hydroxyl groups is 3. The van der Waals surface area contributed by atoms with Crippen molar-refractivity contribution >= 4 is 75.2 Å². The van der Waals surface area contributed by atoms with E-state index in [4.69, 9.17) is 16.2 Å². The molecule has 5 rings (SSSR count). The van der Waals surface area contributed by atoms with Crippen LogP contribution in [-0.4, -0.2) is 177 Å². The number of benzene rings is 1. The number of aryl methyl sites for hydroxylation is 1. The van der Waals surface area contributed by atoms with Crippen LogP contribution >= 0.6 is 0 Å². The number of unbranched alkanes of at least 4 members (excludes halogenated alkanes) is 1. The van der Waals surface area contributed by atoms with Gasteiger partial charge in [-0.25, -0.2) is 0 Å². The average molecular weight is 1000 g/mol. The van der Waals surface area contributed by atoms with E-state index in [1.165, 1.54) is 14.0 Å². The van der Waals surface area contributed by atoms with Crippen LogP contribution in [0, 0.1) is 11.8 Å². The van der Waals surface area contributed by atoms with Gasteiger partial charge in [-0.05, 0) is 37.4 Å². The number of hydrogen-bond donors (Lipinski definition) is 12. The Labute approximate surface area is 406 Å². The molecule has 14 N–H and O–H groups in total. The number of methoxy groups -OCH3 is 1. The van der Waals surface area contributed by atoms with Crippen molar-refractivity contribution in [1.29, 1.82) is 0 Å². The Kier molecular flexibility index (Phi) is 19.3. The number of nitrogens with one attached hydrogen (secondary N) is 7. The van der Waals surface area contributed by atoms with Gasteiger partial charge < -0.3 is 82.8 Å². The Morgan fingerprint density at radius 2 is 1.59 bits per heavy atom. The summed E-state index contributed by atoms with van der Waals surface area (Å²) in [5, 5.41) is 49.6. The first-order chi connectivity index (χ1) is 33.2. The van der Waals surface area contributed by atoms with Gasteiger partial charge >= 0.3 is 0 Å². The summed E-state index contributed by atoms with van der Waals surface area (Å²) in [6, 6.07) is -5.07. The molecule has 1 fully saturated rings. The van der Waals surface area contributed by atoms with Gasteiger partial charge in [0.1, 0.15) is 41.7 Å². The number of carbonyl (C=O) groups excluding carboxylic acids is 9. The number of hydrogen-bond acceptors (Lipinski definition) is 15. The van der Waals surface area contributed by atoms with Crippen molar-refractivity contribution < 1.29 is 67.8 Å². The smallest absolute Gasteiger partial charge is 0.248 e. The van der Waals surface area contributed by atoms with Crippen molar-refractivity contribution in [2.24, 2.45) is 23.3 Å². The highest BCUT2D eigenvalue weighted by Gasteiger charge is 2.45. The Hall–Kier alpha value is -6.06. The monoisotopic (exact) mass is 1000 g/mol. The van der Waals surface area contributed by atoms with Crippen LogP contribution in [0.2, 0.25) is 0 Å². The zero-order chi connectivity index (χ0) is 51.6. The molecule has 25 nitrogen and oxygen atoms in total. The highest BCUT2D eigenvalue weighted by atomic mass is 32.2. The first kappa shape index (κ1) is 54.9. The maximum atomic E-state index is 15.3. The predicted molar refractivity (Wildman–Crippen MR) is 249 cm³/mol. The molecule has 11 atom stereocenters. The van der Waals surface area contributed by atoms with Gasteiger partial charge in [-0.3, -0.25) is 43.2 Å². The molecule has 9 amide bonds. The van der Waals surface area contributed by atoms with E-state index in [2.05, 4.69) is 37.2 Å². The molecule has 1 aromatic carbocycles. The van der Waals surface area contributed by atoms with Crippen LogP contribution in [0.25, 0.3) is 10.9 Å². The molecule has 1 aromatic heterocycles. The van der Waals surface area contributed by atoms with Gasteiger partial charge in [-0.15, -0.1) is 0 Å². The van der Waals surface area contributed by atoms with Crippen molar-refractivity contribution in [3.8, 4) is 5.75 Å². The minimum absolute atomic E-state index is 0.0108. The number of carbonyl (C=O) groups is 9. The van der Waals surface area contributed by atoms with Crippen molar-refractivity contribution in [2.75, 3.05) is 45.6 Å². The number of aliphatic hydroxyl groups excluding tert-OH is 3. The van der Waals surface area contributed by atoms with E-state index in [0.29, 0.717) is 35.9 Å². The van der Waals surface area contributed by atoms with Crippen LogP contribution in [0.1, 0.15) is 58.4 Å². The van der Waals surface area contributed by atoms with Gasteiger partial charge in [-0.1, -0.05) is 27.2 Å². The molecule has 2 bridgehead atoms. The molecule has 1 saturated heterocycles. The molecule has 3 aliphatic heterocycles. The normalized spacial score (nSPS) is 27.1. The van der Waals surface area contributed by atoms with E-state index in [0.717, 1.165) is 4.90 Å². The number of fused-ring (bicyclic) bond motifs is 5. The van der Waals surface area contributed by atoms with Crippen LogP contribution in [0.4, 0.5) is 0 Å². The summed E-state index contributed by atoms with van der Waals surface area (Å²) in [5.41, 5.74) is 12.0. The summed E-state index contributed by atoms with van der Waals surface area (Å²) in [7, 11) is 1.43.